The number of hydrogen-bond donors (Lipinski definition) is 2. The maximum absolute atomic E-state index is 12.7. The second-order valence-corrected chi connectivity index (χ2v) is 3.70. The van der Waals surface area contributed by atoms with E-state index in [0.29, 0.717) is 13.0 Å². The lowest BCUT2D eigenvalue weighted by molar-refractivity contribution is 0.00732. The molecule has 1 rings (SSSR count). The minimum absolute atomic E-state index is 0.119. The van der Waals surface area contributed by atoms with Crippen LogP contribution < -0.4 is 10.6 Å². The maximum atomic E-state index is 12.7. The summed E-state index contributed by atoms with van der Waals surface area (Å²) in [5.41, 5.74) is 0. The van der Waals surface area contributed by atoms with Gasteiger partial charge >= 0.3 is 6.03 Å². The molecule has 0 aliphatic heterocycles. The molecular weight excluding hydrogens is 190 g/mol. The standard InChI is InChI=1S/C9H16F2N2O/c1-2-5-12-8(14)13-7-3-4-9(10,11)6-7/h7H,2-6H2,1H3,(H2,12,13,14). The van der Waals surface area contributed by atoms with Gasteiger partial charge in [-0.15, -0.1) is 0 Å². The second-order valence-electron chi connectivity index (χ2n) is 3.70. The fraction of sp³-hybridized carbons (Fsp3) is 0.889. The summed E-state index contributed by atoms with van der Waals surface area (Å²) in [4.78, 5) is 11.1. The van der Waals surface area contributed by atoms with E-state index in [9.17, 15) is 13.6 Å². The number of urea groups is 1. The van der Waals surface area contributed by atoms with Crippen molar-refractivity contribution in [2.45, 2.75) is 44.6 Å². The van der Waals surface area contributed by atoms with E-state index >= 15 is 0 Å². The predicted octanol–water partition coefficient (Wildman–Crippen LogP) is 1.88. The van der Waals surface area contributed by atoms with Crippen molar-refractivity contribution >= 4 is 6.03 Å². The molecule has 1 saturated carbocycles. The summed E-state index contributed by atoms with van der Waals surface area (Å²) in [6.45, 7) is 2.51. The van der Waals surface area contributed by atoms with Gasteiger partial charge in [0.1, 0.15) is 0 Å². The highest BCUT2D eigenvalue weighted by Crippen LogP contribution is 2.34. The van der Waals surface area contributed by atoms with E-state index in [2.05, 4.69) is 10.6 Å². The van der Waals surface area contributed by atoms with Crippen molar-refractivity contribution in [3.05, 3.63) is 0 Å². The van der Waals surface area contributed by atoms with Crippen molar-refractivity contribution in [2.24, 2.45) is 0 Å². The number of nitrogens with one attached hydrogen (secondary N) is 2. The van der Waals surface area contributed by atoms with Crippen LogP contribution in [0.5, 0.6) is 0 Å². The van der Waals surface area contributed by atoms with E-state index in [4.69, 9.17) is 0 Å². The Hall–Kier alpha value is -0.870. The molecule has 0 spiro atoms. The van der Waals surface area contributed by atoms with Crippen LogP contribution in [0.25, 0.3) is 0 Å². The highest BCUT2D eigenvalue weighted by molar-refractivity contribution is 5.74. The molecule has 0 bridgehead atoms. The molecule has 2 N–H and O–H groups in total. The Labute approximate surface area is 82.2 Å². The van der Waals surface area contributed by atoms with E-state index in [-0.39, 0.29) is 24.9 Å². The molecule has 14 heavy (non-hydrogen) atoms. The normalized spacial score (nSPS) is 24.6. The summed E-state index contributed by atoms with van der Waals surface area (Å²) >= 11 is 0. The minimum atomic E-state index is -2.59. The van der Waals surface area contributed by atoms with Crippen molar-refractivity contribution < 1.29 is 13.6 Å². The van der Waals surface area contributed by atoms with E-state index in [1.54, 1.807) is 0 Å². The largest absolute Gasteiger partial charge is 0.338 e. The number of hydrogen-bond acceptors (Lipinski definition) is 1. The first-order valence-electron chi connectivity index (χ1n) is 4.96. The Morgan fingerprint density at radius 3 is 2.79 bits per heavy atom. The molecule has 3 nitrogen and oxygen atoms in total. The van der Waals surface area contributed by atoms with E-state index < -0.39 is 5.92 Å². The van der Waals surface area contributed by atoms with Crippen LogP contribution in [0.1, 0.15) is 32.6 Å². The van der Waals surface area contributed by atoms with Gasteiger partial charge < -0.3 is 10.6 Å². The number of rotatable bonds is 3. The zero-order chi connectivity index (χ0) is 10.6. The third-order valence-electron chi connectivity index (χ3n) is 2.27. The number of carbonyl (C=O) groups is 1. The quantitative estimate of drug-likeness (QED) is 0.727. The molecule has 0 radical (unpaired) electrons. The summed E-state index contributed by atoms with van der Waals surface area (Å²) in [6.07, 6.45) is 0.860. The molecule has 1 aliphatic carbocycles. The highest BCUT2D eigenvalue weighted by atomic mass is 19.3. The first-order chi connectivity index (χ1) is 6.53. The van der Waals surface area contributed by atoms with Crippen LogP contribution in [0.15, 0.2) is 0 Å². The summed E-state index contributed by atoms with van der Waals surface area (Å²) in [6, 6.07) is -0.712. The topological polar surface area (TPSA) is 41.1 Å². The fourth-order valence-electron chi connectivity index (χ4n) is 1.55. The molecule has 2 amide bonds. The van der Waals surface area contributed by atoms with Gasteiger partial charge in [-0.05, 0) is 12.8 Å². The summed E-state index contributed by atoms with van der Waals surface area (Å²) in [5, 5.41) is 5.13. The van der Waals surface area contributed by atoms with Gasteiger partial charge in [0.15, 0.2) is 0 Å². The SMILES string of the molecule is CCCNC(=O)NC1CCC(F)(F)C1. The Morgan fingerprint density at radius 1 is 1.57 bits per heavy atom. The third kappa shape index (κ3) is 3.47. The van der Waals surface area contributed by atoms with Gasteiger partial charge in [-0.25, -0.2) is 13.6 Å². The van der Waals surface area contributed by atoms with Gasteiger partial charge in [-0.2, -0.15) is 0 Å². The van der Waals surface area contributed by atoms with Crippen molar-refractivity contribution in [3.63, 3.8) is 0 Å². The monoisotopic (exact) mass is 206 g/mol. The lowest BCUT2D eigenvalue weighted by atomic mass is 10.2. The van der Waals surface area contributed by atoms with Gasteiger partial charge in [0.05, 0.1) is 0 Å². The summed E-state index contributed by atoms with van der Waals surface area (Å²) in [7, 11) is 0. The van der Waals surface area contributed by atoms with Crippen molar-refractivity contribution in [2.75, 3.05) is 6.54 Å². The Balaban J connectivity index is 2.22. The molecule has 1 aliphatic rings. The average Bonchev–Trinajstić information content (AvgIpc) is 2.42. The second kappa shape index (κ2) is 4.57. The zero-order valence-corrected chi connectivity index (χ0v) is 8.28. The van der Waals surface area contributed by atoms with Crippen LogP contribution >= 0.6 is 0 Å². The molecule has 5 heteroatoms. The van der Waals surface area contributed by atoms with Crippen LogP contribution in [0, 0.1) is 0 Å². The van der Waals surface area contributed by atoms with Gasteiger partial charge in [0.2, 0.25) is 5.92 Å². The molecule has 1 fully saturated rings. The number of halogens is 2. The molecule has 1 unspecified atom stereocenters. The van der Waals surface area contributed by atoms with Gasteiger partial charge in [-0.1, -0.05) is 6.92 Å². The Kier molecular flexibility index (Phi) is 3.66. The van der Waals surface area contributed by atoms with Gasteiger partial charge in [-0.3, -0.25) is 0 Å². The first-order valence-corrected chi connectivity index (χ1v) is 4.96. The lowest BCUT2D eigenvalue weighted by Crippen LogP contribution is -2.41. The smallest absolute Gasteiger partial charge is 0.315 e. The molecule has 0 aromatic heterocycles. The Bertz CT molecular complexity index is 209. The van der Waals surface area contributed by atoms with Gasteiger partial charge in [0, 0.05) is 25.4 Å². The van der Waals surface area contributed by atoms with E-state index in [1.165, 1.54) is 0 Å². The molecule has 0 aromatic carbocycles. The maximum Gasteiger partial charge on any atom is 0.315 e. The zero-order valence-electron chi connectivity index (χ0n) is 8.28. The van der Waals surface area contributed by atoms with Crippen molar-refractivity contribution in [3.8, 4) is 0 Å². The summed E-state index contributed by atoms with van der Waals surface area (Å²) in [5.74, 6) is -2.59. The van der Waals surface area contributed by atoms with E-state index in [1.807, 2.05) is 6.92 Å². The molecule has 82 valence electrons. The third-order valence-corrected chi connectivity index (χ3v) is 2.27. The number of amides is 2. The van der Waals surface area contributed by atoms with E-state index in [0.717, 1.165) is 6.42 Å². The van der Waals surface area contributed by atoms with Crippen LogP contribution in [-0.4, -0.2) is 24.5 Å². The minimum Gasteiger partial charge on any atom is -0.338 e. The number of alkyl halides is 2. The van der Waals surface area contributed by atoms with Crippen molar-refractivity contribution in [1.29, 1.82) is 0 Å². The molecule has 1 atom stereocenters. The number of carbonyl (C=O) groups excluding carboxylic acids is 1. The van der Waals surface area contributed by atoms with Crippen LogP contribution in [0.3, 0.4) is 0 Å². The molecule has 0 heterocycles. The van der Waals surface area contributed by atoms with Crippen LogP contribution in [-0.2, 0) is 0 Å². The fourth-order valence-corrected chi connectivity index (χ4v) is 1.55. The molecule has 0 aromatic rings. The molecule has 0 saturated heterocycles. The predicted molar refractivity (Wildman–Crippen MR) is 49.4 cm³/mol. The van der Waals surface area contributed by atoms with Crippen LogP contribution in [0.2, 0.25) is 0 Å². The van der Waals surface area contributed by atoms with Crippen molar-refractivity contribution in [1.82, 2.24) is 10.6 Å². The lowest BCUT2D eigenvalue weighted by Gasteiger charge is -2.13. The summed E-state index contributed by atoms with van der Waals surface area (Å²) < 4.78 is 25.5. The Morgan fingerprint density at radius 2 is 2.29 bits per heavy atom. The molecular formula is C9H16F2N2O. The van der Waals surface area contributed by atoms with Gasteiger partial charge in [0.25, 0.3) is 0 Å². The average molecular weight is 206 g/mol. The van der Waals surface area contributed by atoms with Crippen LogP contribution in [0.4, 0.5) is 13.6 Å². The first kappa shape index (κ1) is 11.2. The highest BCUT2D eigenvalue weighted by Gasteiger charge is 2.39.